The zero-order chi connectivity index (χ0) is 14.9. The van der Waals surface area contributed by atoms with Gasteiger partial charge in [0.1, 0.15) is 5.69 Å². The molecule has 5 nitrogen and oxygen atoms in total. The van der Waals surface area contributed by atoms with Crippen LogP contribution in [0.4, 0.5) is 0 Å². The van der Waals surface area contributed by atoms with Crippen LogP contribution in [0.3, 0.4) is 0 Å². The highest BCUT2D eigenvalue weighted by atomic mass is 35.5. The number of carbonyl (C=O) groups is 1. The topological polar surface area (TPSA) is 54.5 Å². The summed E-state index contributed by atoms with van der Waals surface area (Å²) in [4.78, 5) is 16.9. The van der Waals surface area contributed by atoms with Gasteiger partial charge in [0.2, 0.25) is 0 Å². The second-order valence-corrected chi connectivity index (χ2v) is 6.13. The zero-order valence-corrected chi connectivity index (χ0v) is 13.1. The van der Waals surface area contributed by atoms with Gasteiger partial charge in [-0.1, -0.05) is 11.6 Å². The van der Waals surface area contributed by atoms with Crippen molar-refractivity contribution in [2.24, 2.45) is 5.73 Å². The van der Waals surface area contributed by atoms with Crippen molar-refractivity contribution in [3.63, 3.8) is 0 Å². The molecule has 1 fully saturated rings. The highest BCUT2D eigenvalue weighted by molar-refractivity contribution is 6.31. The first-order valence-corrected chi connectivity index (χ1v) is 7.38. The van der Waals surface area contributed by atoms with Gasteiger partial charge in [-0.2, -0.15) is 0 Å². The Morgan fingerprint density at radius 3 is 2.80 bits per heavy atom. The molecule has 2 rings (SSSR count). The largest absolute Gasteiger partial charge is 0.339 e. The van der Waals surface area contributed by atoms with Crippen LogP contribution in [0.15, 0.2) is 12.3 Å². The van der Waals surface area contributed by atoms with E-state index in [0.717, 1.165) is 13.1 Å². The van der Waals surface area contributed by atoms with Crippen LogP contribution in [0.1, 0.15) is 30.4 Å². The van der Waals surface area contributed by atoms with Crippen LogP contribution < -0.4 is 5.73 Å². The third kappa shape index (κ3) is 3.00. The lowest BCUT2D eigenvalue weighted by Crippen LogP contribution is -2.57. The molecule has 1 aliphatic rings. The predicted molar refractivity (Wildman–Crippen MR) is 81.2 cm³/mol. The lowest BCUT2D eigenvalue weighted by molar-refractivity contribution is 0.0504. The normalized spacial score (nSPS) is 20.7. The molecule has 1 aromatic rings. The van der Waals surface area contributed by atoms with Gasteiger partial charge in [-0.15, -0.1) is 0 Å². The number of carbonyl (C=O) groups excluding carboxylic acids is 1. The van der Waals surface area contributed by atoms with Gasteiger partial charge >= 0.3 is 0 Å². The van der Waals surface area contributed by atoms with Gasteiger partial charge in [-0.05, 0) is 27.0 Å². The average Bonchev–Trinajstić information content (AvgIpc) is 2.80. The SMILES string of the molecule is CC(C)n1cc(Cl)cc1C(=O)N1CCN(C)CC1CN. The summed E-state index contributed by atoms with van der Waals surface area (Å²) in [6, 6.07) is 2.01. The fourth-order valence-corrected chi connectivity index (χ4v) is 2.88. The van der Waals surface area contributed by atoms with Gasteiger partial charge in [0.25, 0.3) is 5.91 Å². The molecular formula is C14H23ClN4O. The van der Waals surface area contributed by atoms with Crippen LogP contribution in [0, 0.1) is 0 Å². The Morgan fingerprint density at radius 1 is 1.50 bits per heavy atom. The Hall–Kier alpha value is -1.04. The predicted octanol–water partition coefficient (Wildman–Crippen LogP) is 1.44. The number of halogens is 1. The summed E-state index contributed by atoms with van der Waals surface area (Å²) in [6.07, 6.45) is 1.81. The van der Waals surface area contributed by atoms with E-state index in [4.69, 9.17) is 17.3 Å². The molecule has 6 heteroatoms. The van der Waals surface area contributed by atoms with E-state index in [9.17, 15) is 4.79 Å². The van der Waals surface area contributed by atoms with Gasteiger partial charge in [0.05, 0.1) is 11.1 Å². The smallest absolute Gasteiger partial charge is 0.270 e. The molecule has 0 bridgehead atoms. The highest BCUT2D eigenvalue weighted by Gasteiger charge is 2.30. The Morgan fingerprint density at radius 2 is 2.20 bits per heavy atom. The van der Waals surface area contributed by atoms with Crippen molar-refractivity contribution in [1.82, 2.24) is 14.4 Å². The van der Waals surface area contributed by atoms with Crippen molar-refractivity contribution in [2.45, 2.75) is 25.9 Å². The second kappa shape index (κ2) is 6.16. The molecule has 0 aromatic carbocycles. The first-order chi connectivity index (χ1) is 9.43. The third-order valence-corrected chi connectivity index (χ3v) is 4.02. The number of likely N-dealkylation sites (N-methyl/N-ethyl adjacent to an activating group) is 1. The summed E-state index contributed by atoms with van der Waals surface area (Å²) < 4.78 is 1.93. The lowest BCUT2D eigenvalue weighted by Gasteiger charge is -2.39. The van der Waals surface area contributed by atoms with Crippen LogP contribution in [-0.2, 0) is 0 Å². The number of rotatable bonds is 3. The van der Waals surface area contributed by atoms with E-state index in [1.54, 1.807) is 6.07 Å². The fourth-order valence-electron chi connectivity index (χ4n) is 2.67. The van der Waals surface area contributed by atoms with Gasteiger partial charge in [-0.25, -0.2) is 0 Å². The maximum atomic E-state index is 12.8. The molecule has 1 unspecified atom stereocenters. The maximum Gasteiger partial charge on any atom is 0.270 e. The number of hydrogen-bond acceptors (Lipinski definition) is 3. The van der Waals surface area contributed by atoms with Crippen LogP contribution in [0.25, 0.3) is 0 Å². The molecule has 1 aliphatic heterocycles. The molecule has 0 aliphatic carbocycles. The molecule has 2 N–H and O–H groups in total. The third-order valence-electron chi connectivity index (χ3n) is 3.81. The molecule has 1 atom stereocenters. The summed E-state index contributed by atoms with van der Waals surface area (Å²) in [5.74, 6) is 0.0224. The summed E-state index contributed by atoms with van der Waals surface area (Å²) in [5, 5.41) is 0.598. The minimum Gasteiger partial charge on any atom is -0.339 e. The Bertz CT molecular complexity index is 486. The Labute approximate surface area is 125 Å². The van der Waals surface area contributed by atoms with E-state index in [1.807, 2.05) is 29.5 Å². The van der Waals surface area contributed by atoms with Crippen molar-refractivity contribution >= 4 is 17.5 Å². The standard InChI is InChI=1S/C14H23ClN4O/c1-10(2)19-8-11(15)6-13(19)14(20)18-5-4-17(3)9-12(18)7-16/h6,8,10,12H,4-5,7,9,16H2,1-3H3. The number of hydrogen-bond donors (Lipinski definition) is 1. The first-order valence-electron chi connectivity index (χ1n) is 7.01. The number of piperazine rings is 1. The van der Waals surface area contributed by atoms with Crippen molar-refractivity contribution in [1.29, 1.82) is 0 Å². The van der Waals surface area contributed by atoms with E-state index in [-0.39, 0.29) is 18.0 Å². The summed E-state index contributed by atoms with van der Waals surface area (Å²) >= 11 is 6.06. The van der Waals surface area contributed by atoms with E-state index in [2.05, 4.69) is 11.9 Å². The summed E-state index contributed by atoms with van der Waals surface area (Å²) in [6.45, 7) is 6.95. The number of nitrogens with zero attached hydrogens (tertiary/aromatic N) is 3. The van der Waals surface area contributed by atoms with Gasteiger partial charge in [-0.3, -0.25) is 4.79 Å². The Balaban J connectivity index is 2.26. The zero-order valence-electron chi connectivity index (χ0n) is 12.3. The number of amides is 1. The van der Waals surface area contributed by atoms with Gasteiger partial charge in [0.15, 0.2) is 0 Å². The monoisotopic (exact) mass is 298 g/mol. The van der Waals surface area contributed by atoms with Crippen LogP contribution in [0.2, 0.25) is 5.02 Å². The lowest BCUT2D eigenvalue weighted by atomic mass is 10.1. The van der Waals surface area contributed by atoms with E-state index in [1.165, 1.54) is 0 Å². The molecule has 1 saturated heterocycles. The minimum absolute atomic E-state index is 0.0224. The van der Waals surface area contributed by atoms with Crippen molar-refractivity contribution in [3.8, 4) is 0 Å². The number of aromatic nitrogens is 1. The van der Waals surface area contributed by atoms with Crippen molar-refractivity contribution in [2.75, 3.05) is 33.2 Å². The maximum absolute atomic E-state index is 12.8. The van der Waals surface area contributed by atoms with Crippen LogP contribution >= 0.6 is 11.6 Å². The Kier molecular flexibility index (Phi) is 4.73. The second-order valence-electron chi connectivity index (χ2n) is 5.69. The molecule has 1 aromatic heterocycles. The molecule has 112 valence electrons. The fraction of sp³-hybridized carbons (Fsp3) is 0.643. The van der Waals surface area contributed by atoms with Crippen LogP contribution in [-0.4, -0.2) is 59.5 Å². The van der Waals surface area contributed by atoms with E-state index < -0.39 is 0 Å². The van der Waals surface area contributed by atoms with Gasteiger partial charge < -0.3 is 20.1 Å². The molecule has 20 heavy (non-hydrogen) atoms. The molecule has 0 spiro atoms. The molecule has 0 radical (unpaired) electrons. The summed E-state index contributed by atoms with van der Waals surface area (Å²) in [7, 11) is 2.05. The quantitative estimate of drug-likeness (QED) is 0.919. The molecule has 1 amide bonds. The van der Waals surface area contributed by atoms with Crippen molar-refractivity contribution in [3.05, 3.63) is 23.0 Å². The average molecular weight is 299 g/mol. The first kappa shape index (κ1) is 15.4. The van der Waals surface area contributed by atoms with E-state index in [0.29, 0.717) is 23.8 Å². The van der Waals surface area contributed by atoms with E-state index >= 15 is 0 Å². The molecule has 0 saturated carbocycles. The van der Waals surface area contributed by atoms with Crippen molar-refractivity contribution < 1.29 is 4.79 Å². The minimum atomic E-state index is 0.0224. The molecular weight excluding hydrogens is 276 g/mol. The van der Waals surface area contributed by atoms with Gasteiger partial charge in [0, 0.05) is 38.4 Å². The summed E-state index contributed by atoms with van der Waals surface area (Å²) in [5.41, 5.74) is 6.47. The number of nitrogens with two attached hydrogens (primary N) is 1. The van der Waals surface area contributed by atoms with Crippen LogP contribution in [0.5, 0.6) is 0 Å². The highest BCUT2D eigenvalue weighted by Crippen LogP contribution is 2.22. The molecule has 2 heterocycles.